The lowest BCUT2D eigenvalue weighted by Gasteiger charge is -1.99. The normalized spacial score (nSPS) is 11.1. The van der Waals surface area contributed by atoms with Gasteiger partial charge < -0.3 is 5.32 Å². The van der Waals surface area contributed by atoms with Crippen molar-refractivity contribution in [2.75, 3.05) is 12.3 Å². The maximum Gasteiger partial charge on any atom is 0.274 e. The van der Waals surface area contributed by atoms with E-state index in [-0.39, 0.29) is 0 Å². The largest absolute Gasteiger partial charge is 0.355 e. The van der Waals surface area contributed by atoms with E-state index in [1.165, 1.54) is 0 Å². The smallest absolute Gasteiger partial charge is 0.274 e. The molecule has 0 aliphatic heterocycles. The fourth-order valence-corrected chi connectivity index (χ4v) is 0.915. The van der Waals surface area contributed by atoms with Gasteiger partial charge in [0, 0.05) is 6.54 Å². The molecule has 0 radical (unpaired) electrons. The summed E-state index contributed by atoms with van der Waals surface area (Å²) in [6.45, 7) is 2.27. The summed E-state index contributed by atoms with van der Waals surface area (Å²) in [7, 11) is -4.17. The van der Waals surface area contributed by atoms with Crippen LogP contribution in [-0.4, -0.2) is 31.2 Å². The molecule has 0 spiro atoms. The molecule has 5 nitrogen and oxygen atoms in total. The van der Waals surface area contributed by atoms with Gasteiger partial charge in [-0.05, 0) is 6.42 Å². The van der Waals surface area contributed by atoms with Gasteiger partial charge in [0.2, 0.25) is 5.91 Å². The van der Waals surface area contributed by atoms with Crippen molar-refractivity contribution < 1.29 is 17.8 Å². The minimum Gasteiger partial charge on any atom is -0.355 e. The summed E-state index contributed by atoms with van der Waals surface area (Å²) >= 11 is 0. The molecule has 0 aliphatic carbocycles. The second-order valence-corrected chi connectivity index (χ2v) is 3.53. The number of rotatable bonds is 4. The predicted octanol–water partition coefficient (Wildman–Crippen LogP) is -0.600. The van der Waals surface area contributed by atoms with Crippen molar-refractivity contribution in [2.24, 2.45) is 0 Å². The van der Waals surface area contributed by atoms with Crippen molar-refractivity contribution in [3.8, 4) is 0 Å². The van der Waals surface area contributed by atoms with Crippen LogP contribution in [-0.2, 0) is 14.9 Å². The van der Waals surface area contributed by atoms with Crippen LogP contribution in [0.1, 0.15) is 13.3 Å². The first-order valence-electron chi connectivity index (χ1n) is 3.17. The Bertz CT molecular complexity index is 221. The number of hydrogen-bond acceptors (Lipinski definition) is 3. The first kappa shape index (κ1) is 10.4. The third-order valence-corrected chi connectivity index (χ3v) is 1.51. The van der Waals surface area contributed by atoms with Gasteiger partial charge in [-0.3, -0.25) is 9.35 Å². The van der Waals surface area contributed by atoms with Gasteiger partial charge in [-0.1, -0.05) is 6.92 Å². The number of carbonyl (C=O) groups is 1. The molecular formula is C5H11NO4S. The number of nitrogens with one attached hydrogen (secondary N) is 1. The van der Waals surface area contributed by atoms with E-state index < -0.39 is 21.8 Å². The van der Waals surface area contributed by atoms with Crippen LogP contribution in [0.2, 0.25) is 0 Å². The summed E-state index contributed by atoms with van der Waals surface area (Å²) < 4.78 is 28.4. The third kappa shape index (κ3) is 7.27. The van der Waals surface area contributed by atoms with Crippen LogP contribution in [0, 0.1) is 0 Å². The van der Waals surface area contributed by atoms with Crippen LogP contribution in [0.15, 0.2) is 0 Å². The zero-order valence-electron chi connectivity index (χ0n) is 6.20. The van der Waals surface area contributed by atoms with E-state index in [9.17, 15) is 13.2 Å². The Kier molecular flexibility index (Phi) is 4.06. The highest BCUT2D eigenvalue weighted by atomic mass is 32.2. The Labute approximate surface area is 65.5 Å². The summed E-state index contributed by atoms with van der Waals surface area (Å²) in [6, 6.07) is 0. The summed E-state index contributed by atoms with van der Waals surface area (Å²) in [5.41, 5.74) is 0. The molecule has 0 heterocycles. The quantitative estimate of drug-likeness (QED) is 0.567. The molecule has 6 heteroatoms. The van der Waals surface area contributed by atoms with Gasteiger partial charge in [-0.25, -0.2) is 0 Å². The lowest BCUT2D eigenvalue weighted by Crippen LogP contribution is -2.30. The minimum absolute atomic E-state index is 0.425. The van der Waals surface area contributed by atoms with Gasteiger partial charge in [0.05, 0.1) is 0 Å². The second kappa shape index (κ2) is 4.30. The highest BCUT2D eigenvalue weighted by molar-refractivity contribution is 7.86. The standard InChI is InChI=1S/C5H11NO4S/c1-2-3-6-5(7)4-11(8,9)10/h2-4H2,1H3,(H,6,7)(H,8,9,10). The van der Waals surface area contributed by atoms with Crippen molar-refractivity contribution in [3.05, 3.63) is 0 Å². The molecule has 2 N–H and O–H groups in total. The molecule has 11 heavy (non-hydrogen) atoms. The molecule has 0 atom stereocenters. The van der Waals surface area contributed by atoms with E-state index in [0.717, 1.165) is 6.42 Å². The zero-order valence-corrected chi connectivity index (χ0v) is 7.02. The van der Waals surface area contributed by atoms with Crippen LogP contribution in [0.5, 0.6) is 0 Å². The van der Waals surface area contributed by atoms with Crippen LogP contribution >= 0.6 is 0 Å². The maximum absolute atomic E-state index is 10.6. The van der Waals surface area contributed by atoms with Gasteiger partial charge in [-0.15, -0.1) is 0 Å². The molecular weight excluding hydrogens is 170 g/mol. The van der Waals surface area contributed by atoms with Crippen molar-refractivity contribution in [3.63, 3.8) is 0 Å². The zero-order chi connectivity index (χ0) is 8.91. The molecule has 66 valence electrons. The Hall–Kier alpha value is -0.620. The highest BCUT2D eigenvalue weighted by Crippen LogP contribution is 1.81. The molecule has 0 bridgehead atoms. The molecule has 0 aromatic carbocycles. The molecule has 0 unspecified atom stereocenters. The molecule has 0 fully saturated rings. The molecule has 0 aliphatic rings. The van der Waals surface area contributed by atoms with E-state index in [1.807, 2.05) is 6.92 Å². The monoisotopic (exact) mass is 181 g/mol. The number of amides is 1. The van der Waals surface area contributed by atoms with Crippen LogP contribution in [0.4, 0.5) is 0 Å². The Morgan fingerprint density at radius 1 is 1.55 bits per heavy atom. The van der Waals surface area contributed by atoms with Crippen LogP contribution in [0.3, 0.4) is 0 Å². The Morgan fingerprint density at radius 2 is 2.09 bits per heavy atom. The average Bonchev–Trinajstić information content (AvgIpc) is 1.79. The molecule has 0 aromatic rings. The summed E-state index contributed by atoms with van der Waals surface area (Å²) in [5.74, 6) is -1.53. The number of hydrogen-bond donors (Lipinski definition) is 2. The lowest BCUT2D eigenvalue weighted by atomic mass is 10.5. The number of carbonyl (C=O) groups excluding carboxylic acids is 1. The fourth-order valence-electron chi connectivity index (χ4n) is 0.481. The van der Waals surface area contributed by atoms with Gasteiger partial charge in [0.25, 0.3) is 10.1 Å². The lowest BCUT2D eigenvalue weighted by molar-refractivity contribution is -0.118. The molecule has 0 rings (SSSR count). The molecule has 0 saturated heterocycles. The van der Waals surface area contributed by atoms with Crippen LogP contribution in [0.25, 0.3) is 0 Å². The van der Waals surface area contributed by atoms with E-state index in [4.69, 9.17) is 4.55 Å². The van der Waals surface area contributed by atoms with Crippen molar-refractivity contribution in [1.82, 2.24) is 5.32 Å². The van der Waals surface area contributed by atoms with Gasteiger partial charge in [0.15, 0.2) is 5.75 Å². The summed E-state index contributed by atoms with van der Waals surface area (Å²) in [4.78, 5) is 10.6. The first-order valence-corrected chi connectivity index (χ1v) is 4.78. The van der Waals surface area contributed by atoms with E-state index in [0.29, 0.717) is 6.54 Å². The summed E-state index contributed by atoms with van der Waals surface area (Å²) in [5, 5.41) is 2.31. The summed E-state index contributed by atoms with van der Waals surface area (Å²) in [6.07, 6.45) is 0.733. The Balaban J connectivity index is 3.71. The van der Waals surface area contributed by atoms with Crippen LogP contribution < -0.4 is 5.32 Å². The maximum atomic E-state index is 10.6. The highest BCUT2D eigenvalue weighted by Gasteiger charge is 2.10. The minimum atomic E-state index is -4.17. The first-order chi connectivity index (χ1) is 4.95. The van der Waals surface area contributed by atoms with E-state index in [1.54, 1.807) is 0 Å². The third-order valence-electron chi connectivity index (χ3n) is 0.886. The SMILES string of the molecule is CCCNC(=O)CS(=O)(=O)O. The van der Waals surface area contributed by atoms with Gasteiger partial charge >= 0.3 is 0 Å². The van der Waals surface area contributed by atoms with E-state index >= 15 is 0 Å². The molecule has 1 amide bonds. The van der Waals surface area contributed by atoms with Crippen molar-refractivity contribution in [1.29, 1.82) is 0 Å². The second-order valence-electron chi connectivity index (χ2n) is 2.08. The average molecular weight is 181 g/mol. The van der Waals surface area contributed by atoms with Crippen molar-refractivity contribution >= 4 is 16.0 Å². The fraction of sp³-hybridized carbons (Fsp3) is 0.800. The van der Waals surface area contributed by atoms with Crippen molar-refractivity contribution in [2.45, 2.75) is 13.3 Å². The topological polar surface area (TPSA) is 83.5 Å². The van der Waals surface area contributed by atoms with Gasteiger partial charge in [0.1, 0.15) is 0 Å². The molecule has 0 saturated carbocycles. The Morgan fingerprint density at radius 3 is 2.45 bits per heavy atom. The predicted molar refractivity (Wildman–Crippen MR) is 39.7 cm³/mol. The molecule has 0 aromatic heterocycles. The van der Waals surface area contributed by atoms with E-state index in [2.05, 4.69) is 5.32 Å². The van der Waals surface area contributed by atoms with Gasteiger partial charge in [-0.2, -0.15) is 8.42 Å².